The number of aromatic nitrogens is 1. The van der Waals surface area contributed by atoms with Crippen molar-refractivity contribution in [3.05, 3.63) is 42.2 Å². The van der Waals surface area contributed by atoms with Gasteiger partial charge in [-0.15, -0.1) is 0 Å². The molecule has 162 valence electrons. The molecule has 1 aromatic rings. The topological polar surface area (TPSA) is 89.0 Å². The molecule has 1 aliphatic heterocycles. The molecular formula is C22H29N3O5. The van der Waals surface area contributed by atoms with Crippen LogP contribution in [0.25, 0.3) is 0 Å². The second kappa shape index (κ2) is 10.9. The van der Waals surface area contributed by atoms with Crippen LogP contribution in [0.1, 0.15) is 31.2 Å². The van der Waals surface area contributed by atoms with Crippen molar-refractivity contribution in [2.45, 2.75) is 38.4 Å². The van der Waals surface area contributed by atoms with Crippen molar-refractivity contribution in [1.82, 2.24) is 14.8 Å². The largest absolute Gasteiger partial charge is 0.469 e. The van der Waals surface area contributed by atoms with E-state index in [1.54, 1.807) is 22.2 Å². The molecule has 3 rings (SSSR count). The van der Waals surface area contributed by atoms with Crippen molar-refractivity contribution in [2.24, 2.45) is 5.92 Å². The predicted molar refractivity (Wildman–Crippen MR) is 109 cm³/mol. The molecule has 30 heavy (non-hydrogen) atoms. The first-order valence-corrected chi connectivity index (χ1v) is 10.4. The van der Waals surface area contributed by atoms with Crippen LogP contribution in [0, 0.1) is 5.92 Å². The molecule has 0 saturated carbocycles. The number of esters is 1. The summed E-state index contributed by atoms with van der Waals surface area (Å²) in [6, 6.07) is 3.74. The van der Waals surface area contributed by atoms with Gasteiger partial charge < -0.3 is 19.3 Å². The van der Waals surface area contributed by atoms with Gasteiger partial charge in [-0.25, -0.2) is 0 Å². The van der Waals surface area contributed by atoms with E-state index in [9.17, 15) is 14.4 Å². The summed E-state index contributed by atoms with van der Waals surface area (Å²) in [4.78, 5) is 44.7. The summed E-state index contributed by atoms with van der Waals surface area (Å²) in [6.07, 6.45) is 9.68. The SMILES string of the molecule is COC(=O)CCN1C[C@H](OCc2ccncc2)CN(C(=O)[C@H]2CC=CCC2)CC1=O. The fourth-order valence-corrected chi connectivity index (χ4v) is 3.77. The Labute approximate surface area is 176 Å². The first-order chi connectivity index (χ1) is 14.6. The third-order valence-electron chi connectivity index (χ3n) is 5.51. The van der Waals surface area contributed by atoms with E-state index >= 15 is 0 Å². The minimum absolute atomic E-state index is 0.0000269. The van der Waals surface area contributed by atoms with E-state index in [1.165, 1.54) is 7.11 Å². The first-order valence-electron chi connectivity index (χ1n) is 10.4. The average Bonchev–Trinajstić information content (AvgIpc) is 2.95. The molecular weight excluding hydrogens is 386 g/mol. The summed E-state index contributed by atoms with van der Waals surface area (Å²) >= 11 is 0. The van der Waals surface area contributed by atoms with E-state index in [0.717, 1.165) is 18.4 Å². The van der Waals surface area contributed by atoms with Crippen molar-refractivity contribution < 1.29 is 23.9 Å². The van der Waals surface area contributed by atoms with Crippen LogP contribution in [0.15, 0.2) is 36.7 Å². The number of allylic oxidation sites excluding steroid dienone is 2. The zero-order valence-corrected chi connectivity index (χ0v) is 17.4. The van der Waals surface area contributed by atoms with E-state index in [4.69, 9.17) is 9.47 Å². The lowest BCUT2D eigenvalue weighted by molar-refractivity contribution is -0.143. The van der Waals surface area contributed by atoms with E-state index in [0.29, 0.717) is 26.1 Å². The number of hydrogen-bond acceptors (Lipinski definition) is 6. The smallest absolute Gasteiger partial charge is 0.307 e. The maximum atomic E-state index is 13.1. The van der Waals surface area contributed by atoms with Gasteiger partial charge in [0.15, 0.2) is 0 Å². The Morgan fingerprint density at radius 2 is 2.00 bits per heavy atom. The highest BCUT2D eigenvalue weighted by atomic mass is 16.5. The summed E-state index contributed by atoms with van der Waals surface area (Å²) in [6.45, 7) is 1.30. The number of carbonyl (C=O) groups excluding carboxylic acids is 3. The molecule has 0 spiro atoms. The molecule has 1 aromatic heterocycles. The van der Waals surface area contributed by atoms with Crippen LogP contribution < -0.4 is 0 Å². The fraction of sp³-hybridized carbons (Fsp3) is 0.545. The minimum Gasteiger partial charge on any atom is -0.469 e. The highest BCUT2D eigenvalue weighted by molar-refractivity contribution is 5.87. The normalized spacial score (nSPS) is 22.0. The molecule has 8 nitrogen and oxygen atoms in total. The second-order valence-electron chi connectivity index (χ2n) is 7.65. The molecule has 0 bridgehead atoms. The predicted octanol–water partition coefficient (Wildman–Crippen LogP) is 1.56. The molecule has 0 N–H and O–H groups in total. The van der Waals surface area contributed by atoms with Gasteiger partial charge in [0.2, 0.25) is 11.8 Å². The van der Waals surface area contributed by atoms with E-state index in [1.807, 2.05) is 18.2 Å². The Morgan fingerprint density at radius 3 is 2.70 bits per heavy atom. The van der Waals surface area contributed by atoms with Crippen molar-refractivity contribution in [1.29, 1.82) is 0 Å². The van der Waals surface area contributed by atoms with Gasteiger partial charge in [0.1, 0.15) is 0 Å². The van der Waals surface area contributed by atoms with Crippen LogP contribution >= 0.6 is 0 Å². The Balaban J connectivity index is 1.69. The van der Waals surface area contributed by atoms with Crippen molar-refractivity contribution >= 4 is 17.8 Å². The van der Waals surface area contributed by atoms with Gasteiger partial charge in [0, 0.05) is 37.9 Å². The number of pyridine rings is 1. The Morgan fingerprint density at radius 1 is 1.20 bits per heavy atom. The Bertz CT molecular complexity index is 767. The van der Waals surface area contributed by atoms with Crippen molar-refractivity contribution in [2.75, 3.05) is 33.3 Å². The van der Waals surface area contributed by atoms with Gasteiger partial charge in [-0.1, -0.05) is 12.2 Å². The second-order valence-corrected chi connectivity index (χ2v) is 7.65. The van der Waals surface area contributed by atoms with Crippen LogP contribution in [0.5, 0.6) is 0 Å². The van der Waals surface area contributed by atoms with Gasteiger partial charge in [-0.3, -0.25) is 19.4 Å². The van der Waals surface area contributed by atoms with Crippen LogP contribution in [-0.4, -0.2) is 72.0 Å². The zero-order valence-electron chi connectivity index (χ0n) is 17.4. The van der Waals surface area contributed by atoms with Crippen LogP contribution in [0.4, 0.5) is 0 Å². The number of carbonyl (C=O) groups is 3. The maximum absolute atomic E-state index is 13.1. The summed E-state index contributed by atoms with van der Waals surface area (Å²) in [5.74, 6) is -0.637. The zero-order chi connectivity index (χ0) is 21.3. The molecule has 2 aliphatic rings. The molecule has 0 aromatic carbocycles. The quantitative estimate of drug-likeness (QED) is 0.496. The number of hydrogen-bond donors (Lipinski definition) is 0. The highest BCUT2D eigenvalue weighted by Gasteiger charge is 2.33. The summed E-state index contributed by atoms with van der Waals surface area (Å²) in [5, 5.41) is 0. The number of amides is 2. The fourth-order valence-electron chi connectivity index (χ4n) is 3.77. The van der Waals surface area contributed by atoms with Gasteiger partial charge in [-0.2, -0.15) is 0 Å². The van der Waals surface area contributed by atoms with Gasteiger partial charge in [0.25, 0.3) is 0 Å². The average molecular weight is 415 g/mol. The molecule has 0 radical (unpaired) electrons. The van der Waals surface area contributed by atoms with Gasteiger partial charge in [-0.05, 0) is 37.0 Å². The van der Waals surface area contributed by atoms with Gasteiger partial charge >= 0.3 is 5.97 Å². The molecule has 1 aliphatic carbocycles. The number of methoxy groups -OCH3 is 1. The lowest BCUT2D eigenvalue weighted by atomic mass is 9.93. The highest BCUT2D eigenvalue weighted by Crippen LogP contribution is 2.22. The summed E-state index contributed by atoms with van der Waals surface area (Å²) < 4.78 is 10.8. The Hall–Kier alpha value is -2.74. The molecule has 2 atom stereocenters. The van der Waals surface area contributed by atoms with E-state index in [-0.39, 0.29) is 49.3 Å². The maximum Gasteiger partial charge on any atom is 0.307 e. The van der Waals surface area contributed by atoms with E-state index < -0.39 is 0 Å². The van der Waals surface area contributed by atoms with Crippen LogP contribution in [-0.2, 0) is 30.5 Å². The third-order valence-corrected chi connectivity index (χ3v) is 5.51. The number of rotatable bonds is 7. The van der Waals surface area contributed by atoms with E-state index in [2.05, 4.69) is 11.1 Å². The molecule has 0 unspecified atom stereocenters. The summed E-state index contributed by atoms with van der Waals surface area (Å²) in [7, 11) is 1.33. The third kappa shape index (κ3) is 6.13. The molecule has 2 heterocycles. The Kier molecular flexibility index (Phi) is 7.96. The number of ether oxygens (including phenoxy) is 2. The molecule has 1 saturated heterocycles. The summed E-state index contributed by atoms with van der Waals surface area (Å²) in [5.41, 5.74) is 0.969. The first kappa shape index (κ1) is 22.0. The van der Waals surface area contributed by atoms with Gasteiger partial charge in [0.05, 0.1) is 32.8 Å². The molecule has 1 fully saturated rings. The monoisotopic (exact) mass is 415 g/mol. The van der Waals surface area contributed by atoms with Crippen LogP contribution in [0.3, 0.4) is 0 Å². The lowest BCUT2D eigenvalue weighted by Crippen LogP contribution is -2.43. The van der Waals surface area contributed by atoms with Crippen molar-refractivity contribution in [3.8, 4) is 0 Å². The lowest BCUT2D eigenvalue weighted by Gasteiger charge is -2.28. The standard InChI is InChI=1S/C22H29N3O5/c1-29-21(27)9-12-24-13-19(30-16-17-7-10-23-11-8-17)14-25(15-20(24)26)22(28)18-5-3-2-4-6-18/h2-3,7-8,10-11,18-19H,4-6,9,12-16H2,1H3/t18-,19-/m0/s1. The molecule has 8 heteroatoms. The molecule has 2 amide bonds. The van der Waals surface area contributed by atoms with Crippen molar-refractivity contribution in [3.63, 3.8) is 0 Å². The van der Waals surface area contributed by atoms with Crippen LogP contribution in [0.2, 0.25) is 0 Å². The minimum atomic E-state index is -0.372. The number of nitrogens with zero attached hydrogens (tertiary/aromatic N) is 3.